The SMILES string of the molecule is CN(C(=O)c1cccs1)C(Cc1ccccc1)C1CCN(Cc2cccn2-c2nccs2)CC1. The van der Waals surface area contributed by atoms with Gasteiger partial charge in [-0.15, -0.1) is 22.7 Å². The fourth-order valence-electron chi connectivity index (χ4n) is 4.99. The summed E-state index contributed by atoms with van der Waals surface area (Å²) in [5, 5.41) is 5.02. The van der Waals surface area contributed by atoms with Crippen LogP contribution in [0.2, 0.25) is 0 Å². The van der Waals surface area contributed by atoms with Gasteiger partial charge in [-0.05, 0) is 67.4 Å². The van der Waals surface area contributed by atoms with Crippen LogP contribution >= 0.6 is 22.7 Å². The molecule has 4 aromatic rings. The van der Waals surface area contributed by atoms with E-state index in [1.165, 1.54) is 22.6 Å². The number of likely N-dealkylation sites (tertiary alicyclic amines) is 1. The quantitative estimate of drug-likeness (QED) is 0.323. The van der Waals surface area contributed by atoms with E-state index in [-0.39, 0.29) is 11.9 Å². The molecule has 1 saturated heterocycles. The number of hydrogen-bond acceptors (Lipinski definition) is 5. The Kier molecular flexibility index (Phi) is 7.23. The second-order valence-corrected chi connectivity index (χ2v) is 10.8. The van der Waals surface area contributed by atoms with Crippen molar-refractivity contribution in [1.82, 2.24) is 19.4 Å². The van der Waals surface area contributed by atoms with E-state index in [0.29, 0.717) is 5.92 Å². The summed E-state index contributed by atoms with van der Waals surface area (Å²) in [7, 11) is 1.99. The highest BCUT2D eigenvalue weighted by Gasteiger charge is 2.32. The van der Waals surface area contributed by atoms with E-state index in [1.54, 1.807) is 11.3 Å². The Hall–Kier alpha value is -2.74. The normalized spacial score (nSPS) is 15.9. The van der Waals surface area contributed by atoms with Crippen LogP contribution in [0.25, 0.3) is 5.13 Å². The molecule has 176 valence electrons. The maximum Gasteiger partial charge on any atom is 0.263 e. The molecule has 0 spiro atoms. The number of carbonyl (C=O) groups is 1. The lowest BCUT2D eigenvalue weighted by Crippen LogP contribution is -2.47. The molecule has 1 aromatic carbocycles. The Bertz CT molecular complexity index is 1160. The molecule has 0 radical (unpaired) electrons. The Morgan fingerprint density at radius 1 is 1.06 bits per heavy atom. The number of benzene rings is 1. The zero-order valence-electron chi connectivity index (χ0n) is 19.4. The molecule has 4 heterocycles. The number of piperidine rings is 1. The first kappa shape index (κ1) is 23.0. The summed E-state index contributed by atoms with van der Waals surface area (Å²) >= 11 is 3.19. The number of thiazole rings is 1. The molecule has 5 rings (SSSR count). The maximum absolute atomic E-state index is 13.2. The van der Waals surface area contributed by atoms with Crippen molar-refractivity contribution in [2.24, 2.45) is 5.92 Å². The Morgan fingerprint density at radius 3 is 2.59 bits per heavy atom. The summed E-state index contributed by atoms with van der Waals surface area (Å²) < 4.78 is 2.20. The first-order chi connectivity index (χ1) is 16.7. The van der Waals surface area contributed by atoms with E-state index >= 15 is 0 Å². The smallest absolute Gasteiger partial charge is 0.263 e. The van der Waals surface area contributed by atoms with E-state index in [9.17, 15) is 4.79 Å². The number of thiophene rings is 1. The minimum atomic E-state index is 0.139. The topological polar surface area (TPSA) is 41.4 Å². The minimum absolute atomic E-state index is 0.139. The van der Waals surface area contributed by atoms with Crippen LogP contribution in [0.15, 0.2) is 77.8 Å². The van der Waals surface area contributed by atoms with Gasteiger partial charge in [-0.3, -0.25) is 14.3 Å². The third-order valence-electron chi connectivity index (χ3n) is 6.86. The third kappa shape index (κ3) is 5.17. The van der Waals surface area contributed by atoms with Gasteiger partial charge >= 0.3 is 0 Å². The predicted octanol–water partition coefficient (Wildman–Crippen LogP) is 5.59. The van der Waals surface area contributed by atoms with Crippen LogP contribution in [0.3, 0.4) is 0 Å². The molecule has 0 bridgehead atoms. The number of hydrogen-bond donors (Lipinski definition) is 0. The number of amides is 1. The first-order valence-electron chi connectivity index (χ1n) is 11.8. The maximum atomic E-state index is 13.2. The molecule has 0 aliphatic carbocycles. The summed E-state index contributed by atoms with van der Waals surface area (Å²) in [5.41, 5.74) is 2.57. The summed E-state index contributed by atoms with van der Waals surface area (Å²) in [6.07, 6.45) is 7.04. The second kappa shape index (κ2) is 10.7. The zero-order valence-corrected chi connectivity index (χ0v) is 21.0. The van der Waals surface area contributed by atoms with Crippen molar-refractivity contribution < 1.29 is 4.79 Å². The molecule has 5 nitrogen and oxygen atoms in total. The molecule has 1 amide bonds. The molecule has 1 aliphatic rings. The van der Waals surface area contributed by atoms with Crippen molar-refractivity contribution >= 4 is 28.6 Å². The molecule has 1 aliphatic heterocycles. The minimum Gasteiger partial charge on any atom is -0.337 e. The molecule has 1 unspecified atom stereocenters. The average molecular weight is 491 g/mol. The van der Waals surface area contributed by atoms with Crippen LogP contribution in [0.1, 0.15) is 33.8 Å². The summed E-state index contributed by atoms with van der Waals surface area (Å²) in [4.78, 5) is 23.1. The van der Waals surface area contributed by atoms with E-state index in [0.717, 1.165) is 48.9 Å². The van der Waals surface area contributed by atoms with Gasteiger partial charge in [0.25, 0.3) is 5.91 Å². The van der Waals surface area contributed by atoms with Crippen molar-refractivity contribution in [1.29, 1.82) is 0 Å². The number of carbonyl (C=O) groups excluding carboxylic acids is 1. The predicted molar refractivity (Wildman–Crippen MR) is 140 cm³/mol. The standard InChI is InChI=1S/C27H30N4OS2/c1-29(26(32)25-10-6-17-33-25)24(19-21-7-3-2-4-8-21)22-11-15-30(16-12-22)20-23-9-5-14-31(23)27-28-13-18-34-27/h2-10,13-14,17-18,22,24H,11-12,15-16,19-20H2,1H3. The van der Waals surface area contributed by atoms with E-state index in [2.05, 4.69) is 63.1 Å². The Balaban J connectivity index is 1.27. The van der Waals surface area contributed by atoms with Gasteiger partial charge in [-0.25, -0.2) is 4.98 Å². The fraction of sp³-hybridized carbons (Fsp3) is 0.333. The highest BCUT2D eigenvalue weighted by atomic mass is 32.1. The lowest BCUT2D eigenvalue weighted by atomic mass is 9.85. The van der Waals surface area contributed by atoms with Crippen LogP contribution in [-0.4, -0.2) is 51.4 Å². The van der Waals surface area contributed by atoms with Gasteiger partial charge < -0.3 is 4.90 Å². The fourth-order valence-corrected chi connectivity index (χ4v) is 6.35. The Labute approximate surface area is 209 Å². The summed E-state index contributed by atoms with van der Waals surface area (Å²) in [6, 6.07) is 19.0. The first-order valence-corrected chi connectivity index (χ1v) is 13.6. The van der Waals surface area contributed by atoms with Crippen LogP contribution in [0.5, 0.6) is 0 Å². The largest absolute Gasteiger partial charge is 0.337 e. The van der Waals surface area contributed by atoms with Crippen LogP contribution < -0.4 is 0 Å². The van der Waals surface area contributed by atoms with Gasteiger partial charge in [0.1, 0.15) is 0 Å². The highest BCUT2D eigenvalue weighted by molar-refractivity contribution is 7.12. The van der Waals surface area contributed by atoms with Crippen molar-refractivity contribution in [2.45, 2.75) is 31.8 Å². The molecule has 34 heavy (non-hydrogen) atoms. The van der Waals surface area contributed by atoms with Gasteiger partial charge in [-0.2, -0.15) is 0 Å². The summed E-state index contributed by atoms with van der Waals surface area (Å²) in [5.74, 6) is 0.621. The van der Waals surface area contributed by atoms with Crippen molar-refractivity contribution in [3.8, 4) is 5.13 Å². The summed E-state index contributed by atoms with van der Waals surface area (Å²) in [6.45, 7) is 3.01. The lowest BCUT2D eigenvalue weighted by Gasteiger charge is -2.40. The zero-order chi connectivity index (χ0) is 23.3. The number of likely N-dealkylation sites (N-methyl/N-ethyl adjacent to an activating group) is 1. The molecule has 0 N–H and O–H groups in total. The van der Waals surface area contributed by atoms with Gasteiger partial charge in [0.2, 0.25) is 0 Å². The lowest BCUT2D eigenvalue weighted by molar-refractivity contribution is 0.0588. The van der Waals surface area contributed by atoms with Crippen LogP contribution in [-0.2, 0) is 13.0 Å². The Morgan fingerprint density at radius 2 is 1.88 bits per heavy atom. The molecule has 1 atom stereocenters. The van der Waals surface area contributed by atoms with Crippen LogP contribution in [0, 0.1) is 5.92 Å². The molecular formula is C27H30N4OS2. The van der Waals surface area contributed by atoms with Crippen LogP contribution in [0.4, 0.5) is 0 Å². The monoisotopic (exact) mass is 490 g/mol. The van der Waals surface area contributed by atoms with Gasteiger partial charge in [-0.1, -0.05) is 36.4 Å². The number of rotatable bonds is 8. The average Bonchev–Trinajstić information content (AvgIpc) is 3.66. The molecule has 1 fully saturated rings. The van der Waals surface area contributed by atoms with E-state index < -0.39 is 0 Å². The second-order valence-electron chi connectivity index (χ2n) is 8.95. The van der Waals surface area contributed by atoms with Gasteiger partial charge in [0.05, 0.1) is 4.88 Å². The van der Waals surface area contributed by atoms with Crippen molar-refractivity contribution in [3.05, 3.63) is 93.9 Å². The van der Waals surface area contributed by atoms with Gasteiger partial charge in [0, 0.05) is 43.1 Å². The number of nitrogens with zero attached hydrogens (tertiary/aromatic N) is 4. The van der Waals surface area contributed by atoms with Crippen molar-refractivity contribution in [2.75, 3.05) is 20.1 Å². The van der Waals surface area contributed by atoms with E-state index in [4.69, 9.17) is 0 Å². The molecule has 3 aromatic heterocycles. The van der Waals surface area contributed by atoms with Crippen molar-refractivity contribution in [3.63, 3.8) is 0 Å². The van der Waals surface area contributed by atoms with E-state index in [1.807, 2.05) is 41.0 Å². The molecule has 7 heteroatoms. The molecule has 0 saturated carbocycles. The highest BCUT2D eigenvalue weighted by Crippen LogP contribution is 2.29. The third-order valence-corrected chi connectivity index (χ3v) is 8.49. The molecular weight excluding hydrogens is 460 g/mol. The van der Waals surface area contributed by atoms with Gasteiger partial charge in [0.15, 0.2) is 5.13 Å². The number of aromatic nitrogens is 2.